The maximum absolute atomic E-state index is 13.3. The van der Waals surface area contributed by atoms with Gasteiger partial charge >= 0.3 is 18.1 Å². The highest BCUT2D eigenvalue weighted by molar-refractivity contribution is 5.94. The lowest BCUT2D eigenvalue weighted by Gasteiger charge is -2.19. The Hall–Kier alpha value is -2.25. The summed E-state index contributed by atoms with van der Waals surface area (Å²) in [4.78, 5) is 15.2. The molecule has 0 radical (unpaired) electrons. The van der Waals surface area contributed by atoms with Gasteiger partial charge < -0.3 is 4.74 Å². The van der Waals surface area contributed by atoms with Crippen molar-refractivity contribution in [2.75, 3.05) is 6.61 Å². The zero-order valence-electron chi connectivity index (χ0n) is 12.7. The lowest BCUT2D eigenvalue weighted by Crippen LogP contribution is -2.34. The third-order valence-electron chi connectivity index (χ3n) is 3.33. The number of carbonyl (C=O) groups excluding carboxylic acids is 1. The van der Waals surface area contributed by atoms with E-state index >= 15 is 0 Å². The number of hydrogen-bond donors (Lipinski definition) is 0. The number of rotatable bonds is 5. The smallest absolute Gasteiger partial charge is 0.459 e. The molecule has 0 spiro atoms. The first-order valence-electron chi connectivity index (χ1n) is 7.19. The zero-order valence-corrected chi connectivity index (χ0v) is 12.7. The number of carbonyl (C=O) groups is 1. The number of nitrogens with zero attached hydrogens (tertiary/aromatic N) is 1. The molecule has 0 atom stereocenters. The number of unbranched alkanes of at least 4 members (excludes halogenated alkanes) is 1. The van der Waals surface area contributed by atoms with Gasteiger partial charge in [-0.1, -0.05) is 19.4 Å². The summed E-state index contributed by atoms with van der Waals surface area (Å²) in [5.74, 6) is -5.63. The Bertz CT molecular complexity index is 743. The van der Waals surface area contributed by atoms with Crippen LogP contribution in [0.5, 0.6) is 0 Å². The second-order valence-corrected chi connectivity index (χ2v) is 5.17. The SMILES string of the molecule is CCCCOC(=O)c1ccc2nc(C(F)(F)C(F)(F)F)ccc2c1. The van der Waals surface area contributed by atoms with Crippen LogP contribution in [0.3, 0.4) is 0 Å². The molecular formula is C16H14F5NO2. The van der Waals surface area contributed by atoms with Crippen LogP contribution in [0, 0.1) is 0 Å². The van der Waals surface area contributed by atoms with Crippen molar-refractivity contribution >= 4 is 16.9 Å². The van der Waals surface area contributed by atoms with E-state index in [1.165, 1.54) is 18.2 Å². The predicted molar refractivity (Wildman–Crippen MR) is 76.9 cm³/mol. The number of aromatic nitrogens is 1. The number of hydrogen-bond acceptors (Lipinski definition) is 3. The van der Waals surface area contributed by atoms with Gasteiger partial charge in [-0.2, -0.15) is 22.0 Å². The second-order valence-electron chi connectivity index (χ2n) is 5.17. The normalized spacial score (nSPS) is 12.4. The molecule has 0 fully saturated rings. The third-order valence-corrected chi connectivity index (χ3v) is 3.33. The molecule has 0 saturated heterocycles. The van der Waals surface area contributed by atoms with Crippen molar-refractivity contribution in [2.45, 2.75) is 31.9 Å². The van der Waals surface area contributed by atoms with Crippen molar-refractivity contribution in [2.24, 2.45) is 0 Å². The van der Waals surface area contributed by atoms with Crippen molar-refractivity contribution in [3.05, 3.63) is 41.6 Å². The molecule has 0 N–H and O–H groups in total. The maximum Gasteiger partial charge on any atom is 0.459 e. The first-order valence-corrected chi connectivity index (χ1v) is 7.19. The molecule has 0 aliphatic rings. The van der Waals surface area contributed by atoms with Crippen molar-refractivity contribution in [3.8, 4) is 0 Å². The van der Waals surface area contributed by atoms with Crippen LogP contribution in [-0.4, -0.2) is 23.7 Å². The van der Waals surface area contributed by atoms with E-state index in [1.807, 2.05) is 6.92 Å². The Morgan fingerprint density at radius 1 is 1.12 bits per heavy atom. The summed E-state index contributed by atoms with van der Waals surface area (Å²) in [7, 11) is 0. The average Bonchev–Trinajstić information content (AvgIpc) is 2.52. The molecule has 0 unspecified atom stereocenters. The summed E-state index contributed by atoms with van der Waals surface area (Å²) in [5, 5.41) is 0.265. The van der Waals surface area contributed by atoms with Crippen LogP contribution in [0.25, 0.3) is 10.9 Å². The second kappa shape index (κ2) is 6.70. The quantitative estimate of drug-likeness (QED) is 0.441. The summed E-state index contributed by atoms with van der Waals surface area (Å²) in [6.07, 6.45) is -4.17. The molecule has 0 saturated carbocycles. The van der Waals surface area contributed by atoms with Gasteiger partial charge in [-0.25, -0.2) is 9.78 Å². The van der Waals surface area contributed by atoms with Gasteiger partial charge in [-0.05, 0) is 30.7 Å². The van der Waals surface area contributed by atoms with Crippen molar-refractivity contribution in [1.82, 2.24) is 4.98 Å². The van der Waals surface area contributed by atoms with Crippen LogP contribution >= 0.6 is 0 Å². The van der Waals surface area contributed by atoms with Crippen molar-refractivity contribution in [1.29, 1.82) is 0 Å². The fourth-order valence-corrected chi connectivity index (χ4v) is 1.97. The summed E-state index contributed by atoms with van der Waals surface area (Å²) >= 11 is 0. The largest absolute Gasteiger partial charge is 0.462 e. The molecule has 1 heterocycles. The van der Waals surface area contributed by atoms with E-state index in [9.17, 15) is 26.7 Å². The average molecular weight is 347 g/mol. The lowest BCUT2D eigenvalue weighted by molar-refractivity contribution is -0.290. The number of halogens is 5. The fourth-order valence-electron chi connectivity index (χ4n) is 1.97. The van der Waals surface area contributed by atoms with Gasteiger partial charge in [0.05, 0.1) is 17.7 Å². The van der Waals surface area contributed by atoms with Gasteiger partial charge in [0, 0.05) is 5.39 Å². The van der Waals surface area contributed by atoms with Crippen LogP contribution < -0.4 is 0 Å². The standard InChI is InChI=1S/C16H14F5NO2/c1-2-3-8-24-14(23)11-4-6-12-10(9-11)5-7-13(22-12)15(17,18)16(19,20)21/h4-7,9H,2-3,8H2,1H3. The Morgan fingerprint density at radius 2 is 1.83 bits per heavy atom. The highest BCUT2D eigenvalue weighted by atomic mass is 19.4. The molecule has 130 valence electrons. The topological polar surface area (TPSA) is 39.2 Å². The molecular weight excluding hydrogens is 333 g/mol. The molecule has 1 aromatic heterocycles. The summed E-state index contributed by atoms with van der Waals surface area (Å²) < 4.78 is 68.8. The van der Waals surface area contributed by atoms with E-state index in [-0.39, 0.29) is 23.1 Å². The van der Waals surface area contributed by atoms with E-state index < -0.39 is 23.8 Å². The summed E-state index contributed by atoms with van der Waals surface area (Å²) in [6.45, 7) is 2.19. The first kappa shape index (κ1) is 18.1. The Morgan fingerprint density at radius 3 is 2.46 bits per heavy atom. The van der Waals surface area contributed by atoms with Gasteiger partial charge in [0.1, 0.15) is 5.69 Å². The van der Waals surface area contributed by atoms with E-state index in [4.69, 9.17) is 4.74 Å². The first-order chi connectivity index (χ1) is 11.2. The van der Waals surface area contributed by atoms with Crippen LogP contribution in [-0.2, 0) is 10.7 Å². The van der Waals surface area contributed by atoms with Gasteiger partial charge in [0.15, 0.2) is 0 Å². The van der Waals surface area contributed by atoms with Gasteiger partial charge in [-0.15, -0.1) is 0 Å². The lowest BCUT2D eigenvalue weighted by atomic mass is 10.1. The Labute approximate surface area is 134 Å². The number of ether oxygens (including phenoxy) is 1. The minimum absolute atomic E-state index is 0.0680. The molecule has 24 heavy (non-hydrogen) atoms. The molecule has 3 nitrogen and oxygen atoms in total. The molecule has 2 rings (SSSR count). The highest BCUT2D eigenvalue weighted by Crippen LogP contribution is 2.43. The molecule has 0 bridgehead atoms. The number of alkyl halides is 5. The van der Waals surface area contributed by atoms with Gasteiger partial charge in [-0.3, -0.25) is 0 Å². The Kier molecular flexibility index (Phi) is 5.05. The number of benzene rings is 1. The summed E-state index contributed by atoms with van der Waals surface area (Å²) in [6, 6.07) is 5.50. The summed E-state index contributed by atoms with van der Waals surface area (Å²) in [5.41, 5.74) is -1.28. The third kappa shape index (κ3) is 3.63. The van der Waals surface area contributed by atoms with E-state index in [1.54, 1.807) is 0 Å². The van der Waals surface area contributed by atoms with Crippen LogP contribution in [0.1, 0.15) is 35.8 Å². The molecule has 1 aromatic carbocycles. The number of fused-ring (bicyclic) bond motifs is 1. The zero-order chi connectivity index (χ0) is 18.0. The van der Waals surface area contributed by atoms with Crippen LogP contribution in [0.15, 0.2) is 30.3 Å². The molecule has 2 aromatic rings. The minimum atomic E-state index is -5.73. The van der Waals surface area contributed by atoms with Crippen LogP contribution in [0.4, 0.5) is 22.0 Å². The number of esters is 1. The highest BCUT2D eigenvalue weighted by Gasteiger charge is 2.59. The Balaban J connectivity index is 2.30. The van der Waals surface area contributed by atoms with Gasteiger partial charge in [0.25, 0.3) is 0 Å². The maximum atomic E-state index is 13.3. The minimum Gasteiger partial charge on any atom is -0.462 e. The molecule has 0 aliphatic heterocycles. The molecule has 8 heteroatoms. The van der Waals surface area contributed by atoms with Crippen molar-refractivity contribution in [3.63, 3.8) is 0 Å². The van der Waals surface area contributed by atoms with Crippen molar-refractivity contribution < 1.29 is 31.5 Å². The van der Waals surface area contributed by atoms with Gasteiger partial charge in [0.2, 0.25) is 0 Å². The molecule has 0 aliphatic carbocycles. The monoisotopic (exact) mass is 347 g/mol. The number of pyridine rings is 1. The van der Waals surface area contributed by atoms with Crippen LogP contribution in [0.2, 0.25) is 0 Å². The molecule has 0 amide bonds. The predicted octanol–water partition coefficient (Wildman–Crippen LogP) is 4.85. The van der Waals surface area contributed by atoms with E-state index in [0.29, 0.717) is 12.5 Å². The fraction of sp³-hybridized carbons (Fsp3) is 0.375. The van der Waals surface area contributed by atoms with E-state index in [2.05, 4.69) is 4.98 Å². The van der Waals surface area contributed by atoms with E-state index in [0.717, 1.165) is 12.5 Å².